The van der Waals surface area contributed by atoms with Crippen LogP contribution in [0.3, 0.4) is 0 Å². The summed E-state index contributed by atoms with van der Waals surface area (Å²) in [6.07, 6.45) is 0.878. The predicted molar refractivity (Wildman–Crippen MR) is 124 cm³/mol. The van der Waals surface area contributed by atoms with Gasteiger partial charge in [-0.25, -0.2) is 4.98 Å². The smallest absolute Gasteiger partial charge is 0.260 e. The minimum atomic E-state index is -0.00660. The molecule has 0 N–H and O–H groups in total. The van der Waals surface area contributed by atoms with Gasteiger partial charge in [0.2, 0.25) is 0 Å². The average Bonchev–Trinajstić information content (AvgIpc) is 3.09. The fraction of sp³-hybridized carbons (Fsp3) is 0.364. The van der Waals surface area contributed by atoms with E-state index in [-0.39, 0.29) is 18.3 Å². The molecule has 0 unspecified atom stereocenters. The van der Waals surface area contributed by atoms with E-state index < -0.39 is 0 Å². The first-order valence-electron chi connectivity index (χ1n) is 9.37. The summed E-state index contributed by atoms with van der Waals surface area (Å²) in [5, 5.41) is 0.727. The third-order valence-electron chi connectivity index (χ3n) is 4.80. The standard InChI is InChI=1S/C22H27N3O2S.ClH/c1-15-7-8-17(13-16(15)2)21(26)25(12-6-11-24(3)4)22-23-19-14-18(27-5)9-10-20(19)28-22;/h7-10,13-14H,6,11-12H2,1-5H3;1H. The molecule has 3 rings (SSSR count). The number of aryl methyl sites for hydroxylation is 2. The van der Waals surface area contributed by atoms with E-state index in [1.54, 1.807) is 7.11 Å². The van der Waals surface area contributed by atoms with Crippen LogP contribution in [0.25, 0.3) is 10.2 Å². The van der Waals surface area contributed by atoms with Crippen molar-refractivity contribution in [3.8, 4) is 5.75 Å². The molecule has 3 aromatic rings. The minimum absolute atomic E-state index is 0. The first-order valence-corrected chi connectivity index (χ1v) is 10.2. The Morgan fingerprint density at radius 2 is 1.83 bits per heavy atom. The lowest BCUT2D eigenvalue weighted by molar-refractivity contribution is 0.0986. The molecule has 2 aromatic carbocycles. The third-order valence-corrected chi connectivity index (χ3v) is 5.86. The quantitative estimate of drug-likeness (QED) is 0.529. The minimum Gasteiger partial charge on any atom is -0.497 e. The highest BCUT2D eigenvalue weighted by molar-refractivity contribution is 7.22. The van der Waals surface area contributed by atoms with Gasteiger partial charge in [0.1, 0.15) is 5.75 Å². The molecule has 0 saturated heterocycles. The number of rotatable bonds is 7. The molecule has 0 aliphatic heterocycles. The number of hydrogen-bond acceptors (Lipinski definition) is 5. The number of ether oxygens (including phenoxy) is 1. The maximum atomic E-state index is 13.3. The third kappa shape index (κ3) is 5.47. The van der Waals surface area contributed by atoms with Crippen molar-refractivity contribution in [2.45, 2.75) is 20.3 Å². The lowest BCUT2D eigenvalue weighted by Crippen LogP contribution is -2.33. The van der Waals surface area contributed by atoms with E-state index in [2.05, 4.69) is 11.8 Å². The zero-order valence-electron chi connectivity index (χ0n) is 17.6. The monoisotopic (exact) mass is 433 g/mol. The van der Waals surface area contributed by atoms with Crippen molar-refractivity contribution < 1.29 is 9.53 Å². The van der Waals surface area contributed by atoms with E-state index in [0.717, 1.165) is 39.6 Å². The summed E-state index contributed by atoms with van der Waals surface area (Å²) in [5.74, 6) is 0.761. The van der Waals surface area contributed by atoms with Crippen molar-refractivity contribution in [1.82, 2.24) is 9.88 Å². The summed E-state index contributed by atoms with van der Waals surface area (Å²) in [7, 11) is 5.73. The van der Waals surface area contributed by atoms with Crippen LogP contribution in [0.4, 0.5) is 5.13 Å². The molecule has 0 saturated carbocycles. The lowest BCUT2D eigenvalue weighted by Gasteiger charge is -2.21. The normalized spacial score (nSPS) is 10.8. The van der Waals surface area contributed by atoms with Crippen LogP contribution in [-0.4, -0.2) is 50.1 Å². The molecule has 7 heteroatoms. The van der Waals surface area contributed by atoms with E-state index in [1.807, 2.05) is 62.3 Å². The van der Waals surface area contributed by atoms with Crippen molar-refractivity contribution in [1.29, 1.82) is 0 Å². The van der Waals surface area contributed by atoms with Gasteiger partial charge in [-0.1, -0.05) is 17.4 Å². The Kier molecular flexibility index (Phi) is 8.02. The number of thiazole rings is 1. The molecule has 1 heterocycles. The molecular weight excluding hydrogens is 406 g/mol. The molecule has 0 aliphatic rings. The van der Waals surface area contributed by atoms with Gasteiger partial charge in [0.15, 0.2) is 5.13 Å². The fourth-order valence-corrected chi connectivity index (χ4v) is 3.97. The highest BCUT2D eigenvalue weighted by atomic mass is 35.5. The molecule has 156 valence electrons. The molecule has 0 fully saturated rings. The SMILES string of the molecule is COc1ccc2sc(N(CCCN(C)C)C(=O)c3ccc(C)c(C)c3)nc2c1.Cl. The summed E-state index contributed by atoms with van der Waals surface area (Å²) in [6.45, 7) is 5.63. The highest BCUT2D eigenvalue weighted by Gasteiger charge is 2.21. The number of carbonyl (C=O) groups excluding carboxylic acids is 1. The maximum absolute atomic E-state index is 13.3. The topological polar surface area (TPSA) is 45.7 Å². The van der Waals surface area contributed by atoms with Gasteiger partial charge in [-0.15, -0.1) is 12.4 Å². The van der Waals surface area contributed by atoms with Gasteiger partial charge in [-0.05, 0) is 76.3 Å². The van der Waals surface area contributed by atoms with Crippen LogP contribution >= 0.6 is 23.7 Å². The first-order chi connectivity index (χ1) is 13.4. The second-order valence-electron chi connectivity index (χ2n) is 7.24. The Bertz CT molecular complexity index is 987. The molecule has 1 amide bonds. The summed E-state index contributed by atoms with van der Waals surface area (Å²) in [4.78, 5) is 22.0. The van der Waals surface area contributed by atoms with E-state index in [4.69, 9.17) is 9.72 Å². The molecule has 1 aromatic heterocycles. The van der Waals surface area contributed by atoms with Crippen molar-refractivity contribution in [2.24, 2.45) is 0 Å². The summed E-state index contributed by atoms with van der Waals surface area (Å²) in [6, 6.07) is 11.7. The number of fused-ring (bicyclic) bond motifs is 1. The van der Waals surface area contributed by atoms with Crippen LogP contribution in [0.1, 0.15) is 27.9 Å². The van der Waals surface area contributed by atoms with Crippen LogP contribution in [0.15, 0.2) is 36.4 Å². The maximum Gasteiger partial charge on any atom is 0.260 e. The number of benzene rings is 2. The summed E-state index contributed by atoms with van der Waals surface area (Å²) in [5.41, 5.74) is 3.85. The number of aromatic nitrogens is 1. The zero-order valence-corrected chi connectivity index (χ0v) is 19.2. The number of hydrogen-bond donors (Lipinski definition) is 0. The van der Waals surface area contributed by atoms with E-state index in [0.29, 0.717) is 12.1 Å². The van der Waals surface area contributed by atoms with Crippen molar-refractivity contribution in [3.63, 3.8) is 0 Å². The largest absolute Gasteiger partial charge is 0.497 e. The fourth-order valence-electron chi connectivity index (χ4n) is 3.00. The highest BCUT2D eigenvalue weighted by Crippen LogP contribution is 2.32. The molecule has 0 atom stereocenters. The molecule has 0 aliphatic carbocycles. The molecule has 29 heavy (non-hydrogen) atoms. The molecular formula is C22H28ClN3O2S. The Balaban J connectivity index is 0.00000300. The second-order valence-corrected chi connectivity index (χ2v) is 8.25. The predicted octanol–water partition coefficient (Wildman–Crippen LogP) is 4.94. The van der Waals surface area contributed by atoms with Crippen LogP contribution < -0.4 is 9.64 Å². The van der Waals surface area contributed by atoms with Gasteiger partial charge in [0.05, 0.1) is 17.3 Å². The van der Waals surface area contributed by atoms with Crippen molar-refractivity contribution in [3.05, 3.63) is 53.1 Å². The number of halogens is 1. The summed E-state index contributed by atoms with van der Waals surface area (Å²) >= 11 is 1.54. The van der Waals surface area contributed by atoms with Crippen molar-refractivity contribution >= 4 is 45.0 Å². The molecule has 0 bridgehead atoms. The van der Waals surface area contributed by atoms with E-state index in [1.165, 1.54) is 16.9 Å². The van der Waals surface area contributed by atoms with Crippen LogP contribution in [-0.2, 0) is 0 Å². The lowest BCUT2D eigenvalue weighted by atomic mass is 10.1. The number of methoxy groups -OCH3 is 1. The van der Waals surface area contributed by atoms with Gasteiger partial charge in [0, 0.05) is 18.2 Å². The van der Waals surface area contributed by atoms with Crippen LogP contribution in [0, 0.1) is 13.8 Å². The van der Waals surface area contributed by atoms with Gasteiger partial charge < -0.3 is 9.64 Å². The van der Waals surface area contributed by atoms with E-state index in [9.17, 15) is 4.79 Å². The second kappa shape index (κ2) is 10.1. The number of anilines is 1. The number of nitrogens with zero attached hydrogens (tertiary/aromatic N) is 3. The first kappa shape index (κ1) is 23.1. The molecule has 5 nitrogen and oxygen atoms in total. The van der Waals surface area contributed by atoms with Crippen LogP contribution in [0.5, 0.6) is 5.75 Å². The summed E-state index contributed by atoms with van der Waals surface area (Å²) < 4.78 is 6.35. The Hall–Kier alpha value is -2.15. The Morgan fingerprint density at radius 1 is 1.07 bits per heavy atom. The number of amides is 1. The van der Waals surface area contributed by atoms with Crippen LogP contribution in [0.2, 0.25) is 0 Å². The Labute approximate surface area is 182 Å². The molecule has 0 radical (unpaired) electrons. The Morgan fingerprint density at radius 3 is 2.48 bits per heavy atom. The average molecular weight is 434 g/mol. The van der Waals surface area contributed by atoms with Gasteiger partial charge in [-0.3, -0.25) is 9.69 Å². The van der Waals surface area contributed by atoms with Gasteiger partial charge in [0.25, 0.3) is 5.91 Å². The number of carbonyl (C=O) groups is 1. The van der Waals surface area contributed by atoms with Crippen molar-refractivity contribution in [2.75, 3.05) is 39.2 Å². The molecule has 0 spiro atoms. The van der Waals surface area contributed by atoms with Gasteiger partial charge >= 0.3 is 0 Å². The van der Waals surface area contributed by atoms with E-state index >= 15 is 0 Å². The van der Waals surface area contributed by atoms with Gasteiger partial charge in [-0.2, -0.15) is 0 Å². The zero-order chi connectivity index (χ0) is 20.3.